The van der Waals surface area contributed by atoms with E-state index in [0.717, 1.165) is 36.2 Å². The number of hydrogen-bond donors (Lipinski definition) is 1. The normalized spacial score (nSPS) is 12.4. The molecule has 1 aromatic heterocycles. The Morgan fingerprint density at radius 2 is 1.83 bits per heavy atom. The van der Waals surface area contributed by atoms with Crippen LogP contribution < -0.4 is 5.32 Å². The van der Waals surface area contributed by atoms with Gasteiger partial charge >= 0.3 is 5.97 Å². The van der Waals surface area contributed by atoms with E-state index in [9.17, 15) is 14.0 Å². The van der Waals surface area contributed by atoms with Gasteiger partial charge in [-0.1, -0.05) is 36.4 Å². The summed E-state index contributed by atoms with van der Waals surface area (Å²) in [6, 6.07) is 15.8. The summed E-state index contributed by atoms with van der Waals surface area (Å²) >= 11 is 0. The number of benzene rings is 2. The third kappa shape index (κ3) is 4.03. The number of esters is 1. The molecule has 6 nitrogen and oxygen atoms in total. The first-order valence-electron chi connectivity index (χ1n) is 9.47. The molecule has 1 heterocycles. The SMILES string of the molecule is O=C(COC(=O)c1nn(-c2ccccc2)c2c1CCC2)NCc1ccccc1F. The highest BCUT2D eigenvalue weighted by molar-refractivity contribution is 5.91. The Morgan fingerprint density at radius 1 is 1.07 bits per heavy atom. The minimum Gasteiger partial charge on any atom is -0.451 e. The van der Waals surface area contributed by atoms with Crippen LogP contribution in [-0.4, -0.2) is 28.3 Å². The van der Waals surface area contributed by atoms with E-state index in [1.807, 2.05) is 30.3 Å². The average Bonchev–Trinajstić information content (AvgIpc) is 3.35. The molecule has 7 heteroatoms. The number of fused-ring (bicyclic) bond motifs is 1. The molecule has 0 fully saturated rings. The third-order valence-corrected chi connectivity index (χ3v) is 4.89. The van der Waals surface area contributed by atoms with Gasteiger partial charge in [-0.3, -0.25) is 4.79 Å². The smallest absolute Gasteiger partial charge is 0.359 e. The Hall–Kier alpha value is -3.48. The van der Waals surface area contributed by atoms with E-state index in [1.165, 1.54) is 6.07 Å². The van der Waals surface area contributed by atoms with Gasteiger partial charge in [-0.2, -0.15) is 5.10 Å². The van der Waals surface area contributed by atoms with Crippen molar-refractivity contribution >= 4 is 11.9 Å². The second kappa shape index (κ2) is 8.26. The van der Waals surface area contributed by atoms with Crippen LogP contribution in [0.4, 0.5) is 4.39 Å². The zero-order chi connectivity index (χ0) is 20.2. The summed E-state index contributed by atoms with van der Waals surface area (Å²) < 4.78 is 20.5. The molecule has 0 saturated heterocycles. The van der Waals surface area contributed by atoms with Gasteiger partial charge in [-0.15, -0.1) is 0 Å². The van der Waals surface area contributed by atoms with Crippen molar-refractivity contribution in [1.29, 1.82) is 0 Å². The second-order valence-electron chi connectivity index (χ2n) is 6.82. The van der Waals surface area contributed by atoms with Gasteiger partial charge in [0.15, 0.2) is 12.3 Å². The molecular formula is C22H20FN3O3. The number of nitrogens with one attached hydrogen (secondary N) is 1. The van der Waals surface area contributed by atoms with Crippen molar-refractivity contribution in [1.82, 2.24) is 15.1 Å². The van der Waals surface area contributed by atoms with Gasteiger partial charge in [0.1, 0.15) is 5.82 Å². The van der Waals surface area contributed by atoms with Crippen LogP contribution in [0.25, 0.3) is 5.69 Å². The van der Waals surface area contributed by atoms with Crippen molar-refractivity contribution in [3.63, 3.8) is 0 Å². The van der Waals surface area contributed by atoms with Crippen LogP contribution in [-0.2, 0) is 28.9 Å². The summed E-state index contributed by atoms with van der Waals surface area (Å²) in [5.41, 5.74) is 3.39. The molecule has 0 atom stereocenters. The van der Waals surface area contributed by atoms with E-state index in [-0.39, 0.29) is 12.2 Å². The fourth-order valence-corrected chi connectivity index (χ4v) is 3.47. The Labute approximate surface area is 167 Å². The van der Waals surface area contributed by atoms with Crippen LogP contribution in [0.3, 0.4) is 0 Å². The standard InChI is InChI=1S/C22H20FN3O3/c23-18-11-5-4-7-15(18)13-24-20(27)14-29-22(28)21-17-10-6-12-19(17)26(25-21)16-8-2-1-3-9-16/h1-5,7-9,11H,6,10,12-14H2,(H,24,27). The number of para-hydroxylation sites is 1. The minimum atomic E-state index is -0.626. The fourth-order valence-electron chi connectivity index (χ4n) is 3.47. The molecule has 0 saturated carbocycles. The number of ether oxygens (including phenoxy) is 1. The average molecular weight is 393 g/mol. The maximum absolute atomic E-state index is 13.6. The van der Waals surface area contributed by atoms with Crippen LogP contribution >= 0.6 is 0 Å². The molecule has 2 aromatic carbocycles. The monoisotopic (exact) mass is 393 g/mol. The highest BCUT2D eigenvalue weighted by Gasteiger charge is 2.28. The fraction of sp³-hybridized carbons (Fsp3) is 0.227. The lowest BCUT2D eigenvalue weighted by Gasteiger charge is -2.07. The van der Waals surface area contributed by atoms with Gasteiger partial charge in [-0.25, -0.2) is 13.9 Å². The Balaban J connectivity index is 1.40. The molecule has 0 bridgehead atoms. The van der Waals surface area contributed by atoms with Gasteiger partial charge in [0.2, 0.25) is 0 Å². The number of hydrogen-bond acceptors (Lipinski definition) is 4. The largest absolute Gasteiger partial charge is 0.451 e. The van der Waals surface area contributed by atoms with E-state index in [1.54, 1.807) is 22.9 Å². The molecule has 1 N–H and O–H groups in total. The van der Waals surface area contributed by atoms with Crippen molar-refractivity contribution in [3.05, 3.63) is 82.9 Å². The van der Waals surface area contributed by atoms with E-state index in [4.69, 9.17) is 4.74 Å². The number of halogens is 1. The predicted octanol–water partition coefficient (Wildman–Crippen LogP) is 2.97. The van der Waals surface area contributed by atoms with Crippen LogP contribution in [0, 0.1) is 5.82 Å². The van der Waals surface area contributed by atoms with Crippen LogP contribution in [0.2, 0.25) is 0 Å². The van der Waals surface area contributed by atoms with E-state index < -0.39 is 24.3 Å². The summed E-state index contributed by atoms with van der Waals surface area (Å²) in [5.74, 6) is -1.52. The number of aromatic nitrogens is 2. The first-order valence-corrected chi connectivity index (χ1v) is 9.47. The zero-order valence-electron chi connectivity index (χ0n) is 15.7. The second-order valence-corrected chi connectivity index (χ2v) is 6.82. The van der Waals surface area contributed by atoms with Gasteiger partial charge in [0.25, 0.3) is 5.91 Å². The maximum atomic E-state index is 13.6. The van der Waals surface area contributed by atoms with Crippen LogP contribution in [0.1, 0.15) is 33.7 Å². The molecule has 4 rings (SSSR count). The lowest BCUT2D eigenvalue weighted by molar-refractivity contribution is -0.124. The maximum Gasteiger partial charge on any atom is 0.359 e. The summed E-state index contributed by atoms with van der Waals surface area (Å²) in [6.45, 7) is -0.415. The molecule has 0 unspecified atom stereocenters. The molecule has 1 aliphatic carbocycles. The van der Waals surface area contributed by atoms with Gasteiger partial charge in [0.05, 0.1) is 5.69 Å². The number of carbonyl (C=O) groups excluding carboxylic acids is 2. The summed E-state index contributed by atoms with van der Waals surface area (Å²) in [7, 11) is 0. The molecule has 29 heavy (non-hydrogen) atoms. The molecule has 0 radical (unpaired) electrons. The zero-order valence-corrected chi connectivity index (χ0v) is 15.7. The molecule has 0 spiro atoms. The topological polar surface area (TPSA) is 73.2 Å². The minimum absolute atomic E-state index is 0.0289. The van der Waals surface area contributed by atoms with Gasteiger partial charge in [0, 0.05) is 23.4 Å². The first kappa shape index (κ1) is 18.9. The number of rotatable bonds is 6. The van der Waals surface area contributed by atoms with Gasteiger partial charge in [-0.05, 0) is 37.5 Å². The number of nitrogens with zero attached hydrogens (tertiary/aromatic N) is 2. The van der Waals surface area contributed by atoms with Crippen LogP contribution in [0.15, 0.2) is 54.6 Å². The first-order chi connectivity index (χ1) is 14.1. The summed E-state index contributed by atoms with van der Waals surface area (Å²) in [5, 5.41) is 6.99. The molecule has 0 aliphatic heterocycles. The molecule has 3 aromatic rings. The Bertz CT molecular complexity index is 1050. The Kier molecular flexibility index (Phi) is 5.37. The quantitative estimate of drug-likeness (QED) is 0.654. The Morgan fingerprint density at radius 3 is 2.62 bits per heavy atom. The van der Waals surface area contributed by atoms with Crippen molar-refractivity contribution in [2.75, 3.05) is 6.61 Å². The van der Waals surface area contributed by atoms with Crippen molar-refractivity contribution < 1.29 is 18.7 Å². The van der Waals surface area contributed by atoms with Crippen LogP contribution in [0.5, 0.6) is 0 Å². The third-order valence-electron chi connectivity index (χ3n) is 4.89. The van der Waals surface area contributed by atoms with Crippen molar-refractivity contribution in [3.8, 4) is 5.69 Å². The van der Waals surface area contributed by atoms with Gasteiger partial charge < -0.3 is 10.1 Å². The van der Waals surface area contributed by atoms with E-state index in [0.29, 0.717) is 5.56 Å². The highest BCUT2D eigenvalue weighted by Crippen LogP contribution is 2.28. The molecule has 148 valence electrons. The van der Waals surface area contributed by atoms with E-state index in [2.05, 4.69) is 10.4 Å². The van der Waals surface area contributed by atoms with Crippen molar-refractivity contribution in [2.45, 2.75) is 25.8 Å². The number of amides is 1. The van der Waals surface area contributed by atoms with E-state index >= 15 is 0 Å². The molecular weight excluding hydrogens is 373 g/mol. The highest BCUT2D eigenvalue weighted by atomic mass is 19.1. The lowest BCUT2D eigenvalue weighted by Crippen LogP contribution is -2.29. The molecule has 1 amide bonds. The lowest BCUT2D eigenvalue weighted by atomic mass is 10.2. The number of carbonyl (C=O) groups is 2. The predicted molar refractivity (Wildman–Crippen MR) is 104 cm³/mol. The summed E-state index contributed by atoms with van der Waals surface area (Å²) in [6.07, 6.45) is 2.54. The van der Waals surface area contributed by atoms with Crippen molar-refractivity contribution in [2.24, 2.45) is 0 Å². The summed E-state index contributed by atoms with van der Waals surface area (Å²) in [4.78, 5) is 24.5. The molecule has 1 aliphatic rings.